The second-order valence-electron chi connectivity index (χ2n) is 2.48. The first kappa shape index (κ1) is 9.64. The molecule has 0 saturated carbocycles. The molecule has 0 aliphatic carbocycles. The van der Waals surface area contributed by atoms with Crippen LogP contribution in [0.5, 0.6) is 11.5 Å². The van der Waals surface area contributed by atoms with E-state index in [-0.39, 0.29) is 0 Å². The van der Waals surface area contributed by atoms with Gasteiger partial charge in [0, 0.05) is 0 Å². The van der Waals surface area contributed by atoms with Gasteiger partial charge in [-0.1, -0.05) is 0 Å². The van der Waals surface area contributed by atoms with Crippen molar-refractivity contribution in [2.24, 2.45) is 0 Å². The van der Waals surface area contributed by atoms with Gasteiger partial charge in [-0.25, -0.2) is 0 Å². The standard InChI is InChI=1S/C9H11IO2/c1-6-4-7(11-2)9(10)8(5-6)12-3/h4-5H,1-3H3. The number of benzene rings is 1. The van der Waals surface area contributed by atoms with Gasteiger partial charge in [-0.2, -0.15) is 0 Å². The van der Waals surface area contributed by atoms with Crippen molar-refractivity contribution in [2.45, 2.75) is 6.92 Å². The van der Waals surface area contributed by atoms with Crippen LogP contribution in [0.2, 0.25) is 0 Å². The first-order valence-electron chi connectivity index (χ1n) is 3.57. The maximum atomic E-state index is 5.18. The third kappa shape index (κ3) is 1.83. The highest BCUT2D eigenvalue weighted by Crippen LogP contribution is 2.31. The van der Waals surface area contributed by atoms with Crippen LogP contribution in [0, 0.1) is 10.5 Å². The van der Waals surface area contributed by atoms with Crippen LogP contribution < -0.4 is 9.47 Å². The molecule has 0 unspecified atom stereocenters. The van der Waals surface area contributed by atoms with Crippen molar-refractivity contribution in [1.29, 1.82) is 0 Å². The Balaban J connectivity index is 3.22. The van der Waals surface area contributed by atoms with E-state index in [9.17, 15) is 0 Å². The molecule has 0 atom stereocenters. The zero-order valence-corrected chi connectivity index (χ0v) is 9.51. The topological polar surface area (TPSA) is 18.5 Å². The zero-order valence-electron chi connectivity index (χ0n) is 7.35. The van der Waals surface area contributed by atoms with Crippen LogP contribution in [0.3, 0.4) is 0 Å². The van der Waals surface area contributed by atoms with Gasteiger partial charge in [0.15, 0.2) is 0 Å². The lowest BCUT2D eigenvalue weighted by Crippen LogP contribution is -1.92. The summed E-state index contributed by atoms with van der Waals surface area (Å²) in [5.74, 6) is 1.74. The van der Waals surface area contributed by atoms with E-state index in [0.29, 0.717) is 0 Å². The summed E-state index contributed by atoms with van der Waals surface area (Å²) in [5, 5.41) is 0. The van der Waals surface area contributed by atoms with Crippen molar-refractivity contribution >= 4 is 22.6 Å². The summed E-state index contributed by atoms with van der Waals surface area (Å²) in [6.07, 6.45) is 0. The van der Waals surface area contributed by atoms with Crippen molar-refractivity contribution in [2.75, 3.05) is 14.2 Å². The number of halogens is 1. The Morgan fingerprint density at radius 2 is 1.50 bits per heavy atom. The molecule has 0 aliphatic rings. The van der Waals surface area contributed by atoms with Crippen molar-refractivity contribution in [3.8, 4) is 11.5 Å². The predicted octanol–water partition coefficient (Wildman–Crippen LogP) is 2.62. The molecule has 0 radical (unpaired) electrons. The minimum atomic E-state index is 0.868. The average Bonchev–Trinajstić information content (AvgIpc) is 2.08. The third-order valence-corrected chi connectivity index (χ3v) is 2.65. The minimum Gasteiger partial charge on any atom is -0.495 e. The van der Waals surface area contributed by atoms with Gasteiger partial charge in [0.1, 0.15) is 11.5 Å². The molecule has 66 valence electrons. The van der Waals surface area contributed by atoms with Crippen molar-refractivity contribution in [3.63, 3.8) is 0 Å². The van der Waals surface area contributed by atoms with Crippen molar-refractivity contribution < 1.29 is 9.47 Å². The van der Waals surface area contributed by atoms with E-state index in [0.717, 1.165) is 20.6 Å². The molecule has 0 saturated heterocycles. The smallest absolute Gasteiger partial charge is 0.136 e. The van der Waals surface area contributed by atoms with E-state index in [1.807, 2.05) is 19.1 Å². The third-order valence-electron chi connectivity index (χ3n) is 1.59. The quantitative estimate of drug-likeness (QED) is 0.774. The molecular weight excluding hydrogens is 267 g/mol. The maximum Gasteiger partial charge on any atom is 0.136 e. The van der Waals surface area contributed by atoms with Gasteiger partial charge in [0.25, 0.3) is 0 Å². The van der Waals surface area contributed by atoms with Crippen LogP contribution in [-0.2, 0) is 0 Å². The zero-order chi connectivity index (χ0) is 9.14. The van der Waals surface area contributed by atoms with Gasteiger partial charge in [0.2, 0.25) is 0 Å². The average molecular weight is 278 g/mol. The lowest BCUT2D eigenvalue weighted by molar-refractivity contribution is 0.388. The Hall–Kier alpha value is -0.450. The molecule has 1 rings (SSSR count). The van der Waals surface area contributed by atoms with Crippen LogP contribution >= 0.6 is 22.6 Å². The molecule has 0 aliphatic heterocycles. The normalized spacial score (nSPS) is 9.67. The highest BCUT2D eigenvalue weighted by molar-refractivity contribution is 14.1. The van der Waals surface area contributed by atoms with Gasteiger partial charge in [-0.3, -0.25) is 0 Å². The lowest BCUT2D eigenvalue weighted by atomic mass is 10.2. The Morgan fingerprint density at radius 3 is 1.83 bits per heavy atom. The molecule has 0 aromatic heterocycles. The van der Waals surface area contributed by atoms with E-state index < -0.39 is 0 Å². The number of aryl methyl sites for hydroxylation is 1. The van der Waals surface area contributed by atoms with Gasteiger partial charge in [0.05, 0.1) is 17.8 Å². The monoisotopic (exact) mass is 278 g/mol. The van der Waals surface area contributed by atoms with E-state index in [1.165, 1.54) is 0 Å². The Labute approximate surface area is 86.0 Å². The number of rotatable bonds is 2. The fourth-order valence-corrected chi connectivity index (χ4v) is 1.75. The molecule has 3 heteroatoms. The van der Waals surface area contributed by atoms with Crippen molar-refractivity contribution in [1.82, 2.24) is 0 Å². The molecule has 12 heavy (non-hydrogen) atoms. The largest absolute Gasteiger partial charge is 0.495 e. The molecule has 0 fully saturated rings. The van der Waals surface area contributed by atoms with Crippen molar-refractivity contribution in [3.05, 3.63) is 21.3 Å². The molecule has 0 heterocycles. The number of methoxy groups -OCH3 is 2. The summed E-state index contributed by atoms with van der Waals surface area (Å²) < 4.78 is 11.4. The Morgan fingerprint density at radius 1 is 1.08 bits per heavy atom. The van der Waals surface area contributed by atoms with E-state index in [2.05, 4.69) is 22.6 Å². The van der Waals surface area contributed by atoms with Gasteiger partial charge < -0.3 is 9.47 Å². The Bertz CT molecular complexity index is 259. The highest BCUT2D eigenvalue weighted by atomic mass is 127. The molecule has 1 aromatic carbocycles. The maximum absolute atomic E-state index is 5.18. The first-order chi connectivity index (χ1) is 5.69. The van der Waals surface area contributed by atoms with E-state index in [4.69, 9.17) is 9.47 Å². The Kier molecular flexibility index (Phi) is 3.20. The van der Waals surface area contributed by atoms with Crippen LogP contribution in [0.1, 0.15) is 5.56 Å². The summed E-state index contributed by atoms with van der Waals surface area (Å²) in [4.78, 5) is 0. The molecule has 0 bridgehead atoms. The second kappa shape index (κ2) is 3.98. The van der Waals surface area contributed by atoms with Crippen LogP contribution in [0.25, 0.3) is 0 Å². The lowest BCUT2D eigenvalue weighted by Gasteiger charge is -2.09. The molecule has 2 nitrogen and oxygen atoms in total. The summed E-state index contributed by atoms with van der Waals surface area (Å²) in [6, 6.07) is 3.98. The van der Waals surface area contributed by atoms with Gasteiger partial charge in [-0.05, 0) is 47.2 Å². The predicted molar refractivity (Wildman–Crippen MR) is 57.0 cm³/mol. The molecule has 1 aromatic rings. The summed E-state index contributed by atoms with van der Waals surface area (Å²) >= 11 is 2.21. The van der Waals surface area contributed by atoms with Crippen LogP contribution in [-0.4, -0.2) is 14.2 Å². The molecule has 0 amide bonds. The molecular formula is C9H11IO2. The highest BCUT2D eigenvalue weighted by Gasteiger charge is 2.06. The number of hydrogen-bond donors (Lipinski definition) is 0. The minimum absolute atomic E-state index is 0.868. The van der Waals surface area contributed by atoms with E-state index >= 15 is 0 Å². The number of ether oxygens (including phenoxy) is 2. The summed E-state index contributed by atoms with van der Waals surface area (Å²) in [5.41, 5.74) is 1.14. The second-order valence-corrected chi connectivity index (χ2v) is 3.56. The SMILES string of the molecule is COc1cc(C)cc(OC)c1I. The fraction of sp³-hybridized carbons (Fsp3) is 0.333. The van der Waals surface area contributed by atoms with Gasteiger partial charge >= 0.3 is 0 Å². The molecule has 0 spiro atoms. The number of hydrogen-bond acceptors (Lipinski definition) is 2. The summed E-state index contributed by atoms with van der Waals surface area (Å²) in [7, 11) is 3.33. The fourth-order valence-electron chi connectivity index (χ4n) is 1.00. The molecule has 0 N–H and O–H groups in total. The van der Waals surface area contributed by atoms with Crippen LogP contribution in [0.15, 0.2) is 12.1 Å². The summed E-state index contributed by atoms with van der Waals surface area (Å²) in [6.45, 7) is 2.02. The van der Waals surface area contributed by atoms with Gasteiger partial charge in [-0.15, -0.1) is 0 Å². The van der Waals surface area contributed by atoms with E-state index in [1.54, 1.807) is 14.2 Å². The first-order valence-corrected chi connectivity index (χ1v) is 4.65. The van der Waals surface area contributed by atoms with Crippen LogP contribution in [0.4, 0.5) is 0 Å².